The number of benzene rings is 2. The van der Waals surface area contributed by atoms with E-state index in [9.17, 15) is 0 Å². The third-order valence-electron chi connectivity index (χ3n) is 3.71. The van der Waals surface area contributed by atoms with Crippen LogP contribution in [0.4, 0.5) is 0 Å². The van der Waals surface area contributed by atoms with E-state index in [1.165, 1.54) is 5.56 Å². The molecule has 0 radical (unpaired) electrons. The second-order valence-electron chi connectivity index (χ2n) is 5.22. The van der Waals surface area contributed by atoms with E-state index in [1.54, 1.807) is 0 Å². The summed E-state index contributed by atoms with van der Waals surface area (Å²) in [4.78, 5) is 4.61. The number of hydrogen-bond acceptors (Lipinski definition) is 2. The van der Waals surface area contributed by atoms with Gasteiger partial charge in [0, 0.05) is 13.7 Å². The molecule has 1 heterocycles. The van der Waals surface area contributed by atoms with Crippen molar-refractivity contribution >= 4 is 11.0 Å². The summed E-state index contributed by atoms with van der Waals surface area (Å²) in [5.41, 5.74) is 3.55. The highest BCUT2D eigenvalue weighted by molar-refractivity contribution is 5.75. The first-order valence-corrected chi connectivity index (χ1v) is 7.36. The first kappa shape index (κ1) is 13.8. The van der Waals surface area contributed by atoms with Gasteiger partial charge in [-0.2, -0.15) is 0 Å². The van der Waals surface area contributed by atoms with Crippen LogP contribution in [0.3, 0.4) is 0 Å². The number of ether oxygens (including phenoxy) is 1. The summed E-state index contributed by atoms with van der Waals surface area (Å²) in [6, 6.07) is 18.7. The SMILES string of the molecule is Cn1c(COCCCc2ccccc2)nc2ccccc21. The van der Waals surface area contributed by atoms with E-state index in [0.717, 1.165) is 36.3 Å². The van der Waals surface area contributed by atoms with Crippen LogP contribution < -0.4 is 0 Å². The van der Waals surface area contributed by atoms with Crippen molar-refractivity contribution in [2.75, 3.05) is 6.61 Å². The average molecular weight is 280 g/mol. The molecule has 1 aromatic heterocycles. The van der Waals surface area contributed by atoms with Gasteiger partial charge >= 0.3 is 0 Å². The van der Waals surface area contributed by atoms with Gasteiger partial charge in [-0.25, -0.2) is 4.98 Å². The summed E-state index contributed by atoms with van der Waals surface area (Å²) < 4.78 is 7.87. The number of para-hydroxylation sites is 2. The lowest BCUT2D eigenvalue weighted by Gasteiger charge is -2.05. The van der Waals surface area contributed by atoms with Gasteiger partial charge in [0.2, 0.25) is 0 Å². The summed E-state index contributed by atoms with van der Waals surface area (Å²) >= 11 is 0. The van der Waals surface area contributed by atoms with Crippen LogP contribution in [-0.4, -0.2) is 16.2 Å². The Morgan fingerprint density at radius 1 is 1.00 bits per heavy atom. The van der Waals surface area contributed by atoms with E-state index < -0.39 is 0 Å². The van der Waals surface area contributed by atoms with E-state index in [4.69, 9.17) is 4.74 Å². The highest BCUT2D eigenvalue weighted by Gasteiger charge is 2.06. The molecule has 3 rings (SSSR count). The predicted octanol–water partition coefficient (Wildman–Crippen LogP) is 3.72. The molecule has 3 heteroatoms. The van der Waals surface area contributed by atoms with Gasteiger partial charge in [-0.3, -0.25) is 0 Å². The second kappa shape index (κ2) is 6.55. The molecule has 2 aromatic carbocycles. The molecule has 0 unspecified atom stereocenters. The van der Waals surface area contributed by atoms with Crippen molar-refractivity contribution in [2.45, 2.75) is 19.4 Å². The van der Waals surface area contributed by atoms with E-state index in [1.807, 2.05) is 31.3 Å². The van der Waals surface area contributed by atoms with Gasteiger partial charge < -0.3 is 9.30 Å². The molecule has 0 atom stereocenters. The van der Waals surface area contributed by atoms with Gasteiger partial charge in [-0.05, 0) is 30.5 Å². The number of nitrogens with zero attached hydrogens (tertiary/aromatic N) is 2. The Balaban J connectivity index is 1.49. The molecule has 0 N–H and O–H groups in total. The molecular weight excluding hydrogens is 260 g/mol. The minimum atomic E-state index is 0.569. The lowest BCUT2D eigenvalue weighted by atomic mass is 10.1. The van der Waals surface area contributed by atoms with Crippen LogP contribution >= 0.6 is 0 Å². The maximum atomic E-state index is 5.77. The highest BCUT2D eigenvalue weighted by atomic mass is 16.5. The summed E-state index contributed by atoms with van der Waals surface area (Å²) in [5.74, 6) is 0.982. The Bertz CT molecular complexity index is 704. The van der Waals surface area contributed by atoms with Crippen LogP contribution in [0, 0.1) is 0 Å². The summed E-state index contributed by atoms with van der Waals surface area (Å²) in [5, 5.41) is 0. The maximum absolute atomic E-state index is 5.77. The summed E-state index contributed by atoms with van der Waals surface area (Å²) in [6.45, 7) is 1.33. The number of rotatable bonds is 6. The Morgan fingerprint density at radius 3 is 2.57 bits per heavy atom. The number of aromatic nitrogens is 2. The zero-order valence-electron chi connectivity index (χ0n) is 12.3. The quantitative estimate of drug-likeness (QED) is 0.643. The molecule has 21 heavy (non-hydrogen) atoms. The molecule has 0 fully saturated rings. The Hall–Kier alpha value is -2.13. The first-order chi connectivity index (χ1) is 10.3. The Kier molecular flexibility index (Phi) is 4.31. The molecule has 0 amide bonds. The van der Waals surface area contributed by atoms with Crippen LogP contribution in [0.25, 0.3) is 11.0 Å². The topological polar surface area (TPSA) is 27.1 Å². The molecule has 0 bridgehead atoms. The van der Waals surface area contributed by atoms with E-state index in [0.29, 0.717) is 6.61 Å². The van der Waals surface area contributed by atoms with Crippen LogP contribution in [0.5, 0.6) is 0 Å². The largest absolute Gasteiger partial charge is 0.374 e. The molecule has 0 aliphatic carbocycles. The van der Waals surface area contributed by atoms with Gasteiger partial charge in [-0.15, -0.1) is 0 Å². The summed E-state index contributed by atoms with van der Waals surface area (Å²) in [7, 11) is 2.04. The first-order valence-electron chi connectivity index (χ1n) is 7.36. The average Bonchev–Trinajstić information content (AvgIpc) is 2.85. The lowest BCUT2D eigenvalue weighted by Crippen LogP contribution is -2.03. The van der Waals surface area contributed by atoms with Crippen molar-refractivity contribution < 1.29 is 4.74 Å². The number of aryl methyl sites for hydroxylation is 2. The molecule has 108 valence electrons. The third-order valence-corrected chi connectivity index (χ3v) is 3.71. The lowest BCUT2D eigenvalue weighted by molar-refractivity contribution is 0.112. The van der Waals surface area contributed by atoms with Gasteiger partial charge in [-0.1, -0.05) is 42.5 Å². The van der Waals surface area contributed by atoms with Crippen molar-refractivity contribution in [1.29, 1.82) is 0 Å². The number of fused-ring (bicyclic) bond motifs is 1. The van der Waals surface area contributed by atoms with Crippen molar-refractivity contribution in [2.24, 2.45) is 7.05 Å². The van der Waals surface area contributed by atoms with Crippen LogP contribution in [0.15, 0.2) is 54.6 Å². The fraction of sp³-hybridized carbons (Fsp3) is 0.278. The molecule has 0 saturated carbocycles. The van der Waals surface area contributed by atoms with Crippen LogP contribution in [0.2, 0.25) is 0 Å². The van der Waals surface area contributed by atoms with Crippen LogP contribution in [0.1, 0.15) is 17.8 Å². The van der Waals surface area contributed by atoms with E-state index in [2.05, 4.69) is 39.9 Å². The highest BCUT2D eigenvalue weighted by Crippen LogP contribution is 2.14. The fourth-order valence-corrected chi connectivity index (χ4v) is 2.51. The molecule has 0 saturated heterocycles. The normalized spacial score (nSPS) is 11.1. The molecule has 3 nitrogen and oxygen atoms in total. The molecule has 0 aliphatic heterocycles. The van der Waals surface area contributed by atoms with Crippen molar-refractivity contribution in [3.05, 3.63) is 66.0 Å². The fourth-order valence-electron chi connectivity index (χ4n) is 2.51. The molecule has 3 aromatic rings. The second-order valence-corrected chi connectivity index (χ2v) is 5.22. The van der Waals surface area contributed by atoms with Crippen molar-refractivity contribution in [3.63, 3.8) is 0 Å². The Morgan fingerprint density at radius 2 is 1.76 bits per heavy atom. The Labute approximate surface area is 125 Å². The minimum Gasteiger partial charge on any atom is -0.374 e. The standard InChI is InChI=1S/C18H20N2O/c1-20-17-12-6-5-11-16(17)19-18(20)14-21-13-7-10-15-8-3-2-4-9-15/h2-6,8-9,11-12H,7,10,13-14H2,1H3. The van der Waals surface area contributed by atoms with E-state index in [-0.39, 0.29) is 0 Å². The monoisotopic (exact) mass is 280 g/mol. The molecular formula is C18H20N2O. The van der Waals surface area contributed by atoms with Crippen LogP contribution in [-0.2, 0) is 24.8 Å². The smallest absolute Gasteiger partial charge is 0.135 e. The number of hydrogen-bond donors (Lipinski definition) is 0. The molecule has 0 aliphatic rings. The summed E-state index contributed by atoms with van der Waals surface area (Å²) in [6.07, 6.45) is 2.09. The number of imidazole rings is 1. The van der Waals surface area contributed by atoms with Gasteiger partial charge in [0.1, 0.15) is 12.4 Å². The van der Waals surface area contributed by atoms with Gasteiger partial charge in [0.05, 0.1) is 11.0 Å². The molecule has 0 spiro atoms. The minimum absolute atomic E-state index is 0.569. The maximum Gasteiger partial charge on any atom is 0.135 e. The van der Waals surface area contributed by atoms with Crippen molar-refractivity contribution in [1.82, 2.24) is 9.55 Å². The van der Waals surface area contributed by atoms with Crippen molar-refractivity contribution in [3.8, 4) is 0 Å². The zero-order chi connectivity index (χ0) is 14.5. The third kappa shape index (κ3) is 3.31. The van der Waals surface area contributed by atoms with E-state index >= 15 is 0 Å². The predicted molar refractivity (Wildman–Crippen MR) is 85.1 cm³/mol. The van der Waals surface area contributed by atoms with Gasteiger partial charge in [0.15, 0.2) is 0 Å². The van der Waals surface area contributed by atoms with Gasteiger partial charge in [0.25, 0.3) is 0 Å². The zero-order valence-corrected chi connectivity index (χ0v) is 12.3.